The molecule has 2 aromatic carbocycles. The molecule has 0 N–H and O–H groups in total. The van der Waals surface area contributed by atoms with Crippen LogP contribution in [0.3, 0.4) is 0 Å². The number of hydrogen-bond donors (Lipinski definition) is 0. The van der Waals surface area contributed by atoms with E-state index < -0.39 is 10.9 Å². The SMILES string of the molecule is CCOC(=O)c1cc(C(=O)c2ccc([N+](=O)[O-])cc2)n2ccc(Cc3ccccc3)cc12. The Bertz CT molecular complexity index is 1310. The second-order valence-corrected chi connectivity index (χ2v) is 7.25. The highest BCUT2D eigenvalue weighted by Crippen LogP contribution is 2.24. The number of aromatic nitrogens is 1. The van der Waals surface area contributed by atoms with Crippen molar-refractivity contribution in [2.75, 3.05) is 6.61 Å². The Morgan fingerprint density at radius 3 is 2.34 bits per heavy atom. The van der Waals surface area contributed by atoms with Crippen LogP contribution in [0.1, 0.15) is 44.5 Å². The van der Waals surface area contributed by atoms with Crippen molar-refractivity contribution < 1.29 is 19.2 Å². The standard InChI is InChI=1S/C25H20N2O5/c1-2-32-25(29)21-16-23(24(28)19-8-10-20(11-9-19)27(30)31)26-13-12-18(15-22(21)26)14-17-6-4-3-5-7-17/h3-13,15-16H,2,14H2,1H3. The van der Waals surface area contributed by atoms with Gasteiger partial charge in [0, 0.05) is 23.9 Å². The van der Waals surface area contributed by atoms with Crippen molar-refractivity contribution in [3.63, 3.8) is 0 Å². The number of rotatable bonds is 7. The highest BCUT2D eigenvalue weighted by molar-refractivity contribution is 6.11. The topological polar surface area (TPSA) is 90.9 Å². The Morgan fingerprint density at radius 1 is 0.969 bits per heavy atom. The number of carbonyl (C=O) groups excluding carboxylic acids is 2. The summed E-state index contributed by atoms with van der Waals surface area (Å²) in [6.45, 7) is 1.94. The first kappa shape index (κ1) is 21.0. The van der Waals surface area contributed by atoms with Crippen molar-refractivity contribution in [3.8, 4) is 0 Å². The molecule has 0 radical (unpaired) electrons. The summed E-state index contributed by atoms with van der Waals surface area (Å²) in [6.07, 6.45) is 2.44. The van der Waals surface area contributed by atoms with Gasteiger partial charge in [0.05, 0.1) is 28.3 Å². The fourth-order valence-electron chi connectivity index (χ4n) is 3.61. The van der Waals surface area contributed by atoms with Gasteiger partial charge in [-0.25, -0.2) is 4.79 Å². The monoisotopic (exact) mass is 428 g/mol. The van der Waals surface area contributed by atoms with E-state index in [1.165, 1.54) is 30.3 Å². The average molecular weight is 428 g/mol. The number of nitro benzene ring substituents is 1. The van der Waals surface area contributed by atoms with Gasteiger partial charge in [-0.2, -0.15) is 0 Å². The molecule has 0 bridgehead atoms. The second kappa shape index (κ2) is 8.85. The smallest absolute Gasteiger partial charge is 0.340 e. The molecule has 0 spiro atoms. The number of nitro groups is 1. The summed E-state index contributed by atoms with van der Waals surface area (Å²) in [5, 5.41) is 10.9. The van der Waals surface area contributed by atoms with Gasteiger partial charge in [0.25, 0.3) is 5.69 Å². The van der Waals surface area contributed by atoms with E-state index in [0.717, 1.165) is 11.1 Å². The van der Waals surface area contributed by atoms with E-state index in [2.05, 4.69) is 0 Å². The van der Waals surface area contributed by atoms with Crippen LogP contribution in [0.15, 0.2) is 79.0 Å². The predicted molar refractivity (Wildman–Crippen MR) is 119 cm³/mol. The fourth-order valence-corrected chi connectivity index (χ4v) is 3.61. The Morgan fingerprint density at radius 2 is 1.69 bits per heavy atom. The highest BCUT2D eigenvalue weighted by atomic mass is 16.6. The zero-order chi connectivity index (χ0) is 22.7. The summed E-state index contributed by atoms with van der Waals surface area (Å²) < 4.78 is 6.85. The molecule has 0 fully saturated rings. The summed E-state index contributed by atoms with van der Waals surface area (Å²) in [5.41, 5.74) is 3.46. The van der Waals surface area contributed by atoms with Gasteiger partial charge in [-0.3, -0.25) is 14.9 Å². The van der Waals surface area contributed by atoms with Crippen molar-refractivity contribution in [1.82, 2.24) is 4.40 Å². The maximum absolute atomic E-state index is 13.2. The van der Waals surface area contributed by atoms with Crippen LogP contribution >= 0.6 is 0 Å². The van der Waals surface area contributed by atoms with Gasteiger partial charge in [-0.1, -0.05) is 30.3 Å². The quantitative estimate of drug-likeness (QED) is 0.182. The van der Waals surface area contributed by atoms with Gasteiger partial charge in [0.1, 0.15) is 0 Å². The molecule has 0 amide bonds. The Labute approximate surface area is 184 Å². The van der Waals surface area contributed by atoms with Gasteiger partial charge < -0.3 is 9.14 Å². The molecule has 32 heavy (non-hydrogen) atoms. The van der Waals surface area contributed by atoms with Crippen LogP contribution < -0.4 is 0 Å². The van der Waals surface area contributed by atoms with Crippen LogP contribution in [0.2, 0.25) is 0 Å². The molecule has 0 saturated heterocycles. The van der Waals surface area contributed by atoms with E-state index in [4.69, 9.17) is 4.74 Å². The maximum atomic E-state index is 13.2. The van der Waals surface area contributed by atoms with Crippen LogP contribution in [-0.4, -0.2) is 27.7 Å². The summed E-state index contributed by atoms with van der Waals surface area (Å²) in [5.74, 6) is -0.856. The number of ether oxygens (including phenoxy) is 1. The van der Waals surface area contributed by atoms with E-state index in [1.54, 1.807) is 17.5 Å². The lowest BCUT2D eigenvalue weighted by atomic mass is 10.1. The number of carbonyl (C=O) groups is 2. The highest BCUT2D eigenvalue weighted by Gasteiger charge is 2.22. The molecule has 0 unspecified atom stereocenters. The summed E-state index contributed by atoms with van der Waals surface area (Å²) in [6, 6.07) is 20.6. The number of fused-ring (bicyclic) bond motifs is 1. The fraction of sp³-hybridized carbons (Fsp3) is 0.120. The lowest BCUT2D eigenvalue weighted by molar-refractivity contribution is -0.384. The molecule has 0 aliphatic carbocycles. The molecule has 160 valence electrons. The van der Waals surface area contributed by atoms with E-state index in [0.29, 0.717) is 23.1 Å². The van der Waals surface area contributed by atoms with Crippen molar-refractivity contribution in [2.45, 2.75) is 13.3 Å². The molecule has 7 nitrogen and oxygen atoms in total. The third-order valence-corrected chi connectivity index (χ3v) is 5.16. The van der Waals surface area contributed by atoms with Crippen LogP contribution in [0.5, 0.6) is 0 Å². The molecule has 7 heteroatoms. The predicted octanol–water partition coefficient (Wildman–Crippen LogP) is 4.85. The molecular formula is C25H20N2O5. The number of benzene rings is 2. The lowest BCUT2D eigenvalue weighted by Gasteiger charge is -2.07. The van der Waals surface area contributed by atoms with Crippen LogP contribution in [0.4, 0.5) is 5.69 Å². The van der Waals surface area contributed by atoms with Crippen LogP contribution in [0, 0.1) is 10.1 Å². The number of non-ortho nitro benzene ring substituents is 1. The van der Waals surface area contributed by atoms with E-state index in [-0.39, 0.29) is 23.8 Å². The number of ketones is 1. The van der Waals surface area contributed by atoms with Crippen LogP contribution in [-0.2, 0) is 11.2 Å². The number of pyridine rings is 1. The molecule has 2 heterocycles. The molecule has 2 aromatic heterocycles. The number of esters is 1. The Hall–Kier alpha value is -4.26. The number of hydrogen-bond acceptors (Lipinski definition) is 5. The molecule has 0 aliphatic rings. The molecule has 0 aliphatic heterocycles. The minimum atomic E-state index is -0.520. The molecule has 0 saturated carbocycles. The van der Waals surface area contributed by atoms with E-state index >= 15 is 0 Å². The third-order valence-electron chi connectivity index (χ3n) is 5.16. The average Bonchev–Trinajstić information content (AvgIpc) is 3.18. The minimum absolute atomic E-state index is 0.0978. The zero-order valence-electron chi connectivity index (χ0n) is 17.4. The normalized spacial score (nSPS) is 10.8. The summed E-state index contributed by atoms with van der Waals surface area (Å²) in [4.78, 5) is 36.1. The van der Waals surface area contributed by atoms with E-state index in [1.807, 2.05) is 42.5 Å². The Kier molecular flexibility index (Phi) is 5.81. The number of nitrogens with zero attached hydrogens (tertiary/aromatic N) is 2. The molecule has 0 atom stereocenters. The zero-order valence-corrected chi connectivity index (χ0v) is 17.4. The van der Waals surface area contributed by atoms with Crippen molar-refractivity contribution in [3.05, 3.63) is 117 Å². The van der Waals surface area contributed by atoms with Gasteiger partial charge >= 0.3 is 5.97 Å². The first-order valence-electron chi connectivity index (χ1n) is 10.1. The first-order chi connectivity index (χ1) is 15.5. The van der Waals surface area contributed by atoms with Gasteiger partial charge in [-0.05, 0) is 54.8 Å². The summed E-state index contributed by atoms with van der Waals surface area (Å²) >= 11 is 0. The van der Waals surface area contributed by atoms with Crippen molar-refractivity contribution in [1.29, 1.82) is 0 Å². The Balaban J connectivity index is 1.77. The second-order valence-electron chi connectivity index (χ2n) is 7.25. The first-order valence-corrected chi connectivity index (χ1v) is 10.1. The molecule has 4 aromatic rings. The molecule has 4 rings (SSSR count). The largest absolute Gasteiger partial charge is 0.462 e. The van der Waals surface area contributed by atoms with Gasteiger partial charge in [0.2, 0.25) is 5.78 Å². The maximum Gasteiger partial charge on any atom is 0.340 e. The van der Waals surface area contributed by atoms with Crippen LogP contribution in [0.25, 0.3) is 5.52 Å². The molecular weight excluding hydrogens is 408 g/mol. The third kappa shape index (κ3) is 4.13. The van der Waals surface area contributed by atoms with Crippen molar-refractivity contribution >= 4 is 23.0 Å². The van der Waals surface area contributed by atoms with Gasteiger partial charge in [0.15, 0.2) is 0 Å². The lowest BCUT2D eigenvalue weighted by Crippen LogP contribution is -2.05. The minimum Gasteiger partial charge on any atom is -0.462 e. The van der Waals surface area contributed by atoms with Gasteiger partial charge in [-0.15, -0.1) is 0 Å². The summed E-state index contributed by atoms with van der Waals surface area (Å²) in [7, 11) is 0. The van der Waals surface area contributed by atoms with Crippen molar-refractivity contribution in [2.24, 2.45) is 0 Å². The van der Waals surface area contributed by atoms with E-state index in [9.17, 15) is 19.7 Å².